The Morgan fingerprint density at radius 1 is 1.26 bits per heavy atom. The summed E-state index contributed by atoms with van der Waals surface area (Å²) in [6.07, 6.45) is 4.54. The molecule has 1 aliphatic rings. The number of aromatic nitrogens is 2. The fourth-order valence-corrected chi connectivity index (χ4v) is 2.62. The number of ether oxygens (including phenoxy) is 2. The molecule has 2 rings (SSSR count). The van der Waals surface area contributed by atoms with Gasteiger partial charge in [-0.05, 0) is 37.9 Å². The van der Waals surface area contributed by atoms with Crippen LogP contribution in [0.5, 0.6) is 5.88 Å². The number of methoxy groups -OCH3 is 2. The third kappa shape index (κ3) is 5.80. The standard InChI is InChI=1S/C15H25N5O2S/c1-21-10-6-7-16-15(23)19-14-17-12(11-13(18-14)22-2)20-8-4-3-5-9-20/h11H,3-10H2,1-2H3,(H2,16,17,18,19,23). The fraction of sp³-hybridized carbons (Fsp3) is 0.667. The minimum atomic E-state index is 0.453. The van der Waals surface area contributed by atoms with Gasteiger partial charge in [-0.15, -0.1) is 0 Å². The summed E-state index contributed by atoms with van der Waals surface area (Å²) in [6, 6.07) is 1.87. The lowest BCUT2D eigenvalue weighted by Gasteiger charge is -2.28. The fourth-order valence-electron chi connectivity index (χ4n) is 2.42. The highest BCUT2D eigenvalue weighted by atomic mass is 32.1. The monoisotopic (exact) mass is 339 g/mol. The van der Waals surface area contributed by atoms with Gasteiger partial charge in [0.2, 0.25) is 11.8 Å². The van der Waals surface area contributed by atoms with Gasteiger partial charge in [-0.3, -0.25) is 0 Å². The molecule has 1 aliphatic heterocycles. The molecule has 0 bridgehead atoms. The van der Waals surface area contributed by atoms with Gasteiger partial charge in [0.25, 0.3) is 0 Å². The van der Waals surface area contributed by atoms with Crippen molar-refractivity contribution in [2.45, 2.75) is 25.7 Å². The Labute approximate surface area is 142 Å². The SMILES string of the molecule is COCCCNC(=S)Nc1nc(OC)cc(N2CCCCC2)n1. The number of rotatable bonds is 7. The van der Waals surface area contributed by atoms with Crippen LogP contribution >= 0.6 is 12.2 Å². The van der Waals surface area contributed by atoms with Crippen molar-refractivity contribution in [2.24, 2.45) is 0 Å². The highest BCUT2D eigenvalue weighted by Gasteiger charge is 2.15. The summed E-state index contributed by atoms with van der Waals surface area (Å²) in [5.41, 5.74) is 0. The zero-order valence-electron chi connectivity index (χ0n) is 13.8. The van der Waals surface area contributed by atoms with Crippen molar-refractivity contribution in [3.05, 3.63) is 6.07 Å². The Morgan fingerprint density at radius 3 is 2.74 bits per heavy atom. The van der Waals surface area contributed by atoms with E-state index < -0.39 is 0 Å². The molecule has 0 aromatic carbocycles. The van der Waals surface area contributed by atoms with Gasteiger partial charge in [0.1, 0.15) is 5.82 Å². The van der Waals surface area contributed by atoms with E-state index in [0.717, 1.165) is 31.9 Å². The average molecular weight is 339 g/mol. The van der Waals surface area contributed by atoms with E-state index >= 15 is 0 Å². The Morgan fingerprint density at radius 2 is 2.04 bits per heavy atom. The Balaban J connectivity index is 1.98. The molecule has 1 aromatic heterocycles. The first-order valence-electron chi connectivity index (χ1n) is 7.94. The van der Waals surface area contributed by atoms with Crippen molar-refractivity contribution in [1.29, 1.82) is 0 Å². The van der Waals surface area contributed by atoms with Crippen molar-refractivity contribution >= 4 is 29.1 Å². The summed E-state index contributed by atoms with van der Waals surface area (Å²) in [5.74, 6) is 1.86. The summed E-state index contributed by atoms with van der Waals surface area (Å²) in [5, 5.41) is 6.63. The molecule has 1 aromatic rings. The molecule has 8 heteroatoms. The lowest BCUT2D eigenvalue weighted by molar-refractivity contribution is 0.196. The number of hydrogen-bond donors (Lipinski definition) is 2. The largest absolute Gasteiger partial charge is 0.481 e. The highest BCUT2D eigenvalue weighted by molar-refractivity contribution is 7.80. The van der Waals surface area contributed by atoms with E-state index in [-0.39, 0.29) is 0 Å². The van der Waals surface area contributed by atoms with Crippen molar-refractivity contribution in [2.75, 3.05) is 50.7 Å². The Kier molecular flexibility index (Phi) is 7.28. The molecule has 0 aliphatic carbocycles. The predicted octanol–water partition coefficient (Wildman–Crippen LogP) is 1.80. The van der Waals surface area contributed by atoms with Crippen molar-refractivity contribution in [1.82, 2.24) is 15.3 Å². The summed E-state index contributed by atoms with van der Waals surface area (Å²) in [6.45, 7) is 3.46. The van der Waals surface area contributed by atoms with Gasteiger partial charge >= 0.3 is 0 Å². The third-order valence-electron chi connectivity index (χ3n) is 3.61. The van der Waals surface area contributed by atoms with Crippen LogP contribution in [0.1, 0.15) is 25.7 Å². The Bertz CT molecular complexity index is 509. The molecule has 0 amide bonds. The summed E-state index contributed by atoms with van der Waals surface area (Å²) < 4.78 is 10.3. The summed E-state index contributed by atoms with van der Waals surface area (Å²) in [4.78, 5) is 11.1. The van der Waals surface area contributed by atoms with E-state index in [0.29, 0.717) is 23.5 Å². The number of piperidine rings is 1. The minimum Gasteiger partial charge on any atom is -0.481 e. The normalized spacial score (nSPS) is 14.4. The minimum absolute atomic E-state index is 0.453. The number of thiocarbonyl (C=S) groups is 1. The zero-order valence-corrected chi connectivity index (χ0v) is 14.6. The smallest absolute Gasteiger partial charge is 0.234 e. The topological polar surface area (TPSA) is 71.5 Å². The molecule has 23 heavy (non-hydrogen) atoms. The van der Waals surface area contributed by atoms with E-state index in [9.17, 15) is 0 Å². The van der Waals surface area contributed by atoms with Gasteiger partial charge in [0, 0.05) is 39.4 Å². The maximum absolute atomic E-state index is 5.28. The lowest BCUT2D eigenvalue weighted by Crippen LogP contribution is -2.32. The second kappa shape index (κ2) is 9.46. The van der Waals surface area contributed by atoms with E-state index in [1.165, 1.54) is 19.3 Å². The molecule has 2 heterocycles. The summed E-state index contributed by atoms with van der Waals surface area (Å²) in [7, 11) is 3.29. The molecule has 2 N–H and O–H groups in total. The first kappa shape index (κ1) is 17.7. The van der Waals surface area contributed by atoms with Crippen LogP contribution < -0.4 is 20.3 Å². The molecule has 1 saturated heterocycles. The van der Waals surface area contributed by atoms with Crippen LogP contribution in [0, 0.1) is 0 Å². The number of nitrogens with zero attached hydrogens (tertiary/aromatic N) is 3. The lowest BCUT2D eigenvalue weighted by atomic mass is 10.1. The van der Waals surface area contributed by atoms with Gasteiger partial charge < -0.3 is 25.0 Å². The molecule has 128 valence electrons. The predicted molar refractivity (Wildman–Crippen MR) is 95.4 cm³/mol. The molecular weight excluding hydrogens is 314 g/mol. The molecule has 7 nitrogen and oxygen atoms in total. The van der Waals surface area contributed by atoms with Crippen LogP contribution in [-0.4, -0.2) is 55.5 Å². The van der Waals surface area contributed by atoms with Crippen LogP contribution in [0.3, 0.4) is 0 Å². The van der Waals surface area contributed by atoms with Crippen molar-refractivity contribution in [3.63, 3.8) is 0 Å². The first-order chi connectivity index (χ1) is 11.2. The molecule has 0 atom stereocenters. The molecule has 0 saturated carbocycles. The first-order valence-corrected chi connectivity index (χ1v) is 8.35. The number of hydrogen-bond acceptors (Lipinski definition) is 6. The summed E-state index contributed by atoms with van der Waals surface area (Å²) >= 11 is 5.27. The van der Waals surface area contributed by atoms with Crippen LogP contribution in [0.4, 0.5) is 11.8 Å². The molecule has 0 radical (unpaired) electrons. The van der Waals surface area contributed by atoms with Crippen LogP contribution in [0.25, 0.3) is 0 Å². The second-order valence-electron chi connectivity index (χ2n) is 5.37. The van der Waals surface area contributed by atoms with Gasteiger partial charge in [-0.25, -0.2) is 0 Å². The van der Waals surface area contributed by atoms with E-state index in [2.05, 4.69) is 25.5 Å². The van der Waals surface area contributed by atoms with Crippen LogP contribution in [0.2, 0.25) is 0 Å². The second-order valence-corrected chi connectivity index (χ2v) is 5.78. The zero-order chi connectivity index (χ0) is 16.5. The van der Waals surface area contributed by atoms with Gasteiger partial charge in [-0.1, -0.05) is 0 Å². The molecule has 1 fully saturated rings. The van der Waals surface area contributed by atoms with Crippen LogP contribution in [-0.2, 0) is 4.74 Å². The van der Waals surface area contributed by atoms with E-state index in [1.54, 1.807) is 14.2 Å². The van der Waals surface area contributed by atoms with E-state index in [1.807, 2.05) is 6.07 Å². The van der Waals surface area contributed by atoms with Crippen LogP contribution in [0.15, 0.2) is 6.07 Å². The highest BCUT2D eigenvalue weighted by Crippen LogP contribution is 2.22. The quantitative estimate of drug-likeness (QED) is 0.576. The molecule has 0 spiro atoms. The van der Waals surface area contributed by atoms with Crippen molar-refractivity contribution in [3.8, 4) is 5.88 Å². The van der Waals surface area contributed by atoms with Gasteiger partial charge in [0.05, 0.1) is 7.11 Å². The number of anilines is 2. The molecule has 0 unspecified atom stereocenters. The van der Waals surface area contributed by atoms with Gasteiger partial charge in [0.15, 0.2) is 5.11 Å². The Hall–Kier alpha value is -1.67. The van der Waals surface area contributed by atoms with Crippen molar-refractivity contribution < 1.29 is 9.47 Å². The maximum Gasteiger partial charge on any atom is 0.234 e. The van der Waals surface area contributed by atoms with E-state index in [4.69, 9.17) is 21.7 Å². The maximum atomic E-state index is 5.28. The third-order valence-corrected chi connectivity index (χ3v) is 3.86. The molecular formula is C15H25N5O2S. The number of nitrogens with one attached hydrogen (secondary N) is 2. The van der Waals surface area contributed by atoms with Gasteiger partial charge in [-0.2, -0.15) is 9.97 Å². The average Bonchev–Trinajstić information content (AvgIpc) is 2.59.